The number of rotatable bonds is 7. The molecule has 0 radical (unpaired) electrons. The van der Waals surface area contributed by atoms with E-state index in [1.807, 2.05) is 54.9 Å². The second-order valence-corrected chi connectivity index (χ2v) is 14.0. The maximum atomic E-state index is 5.04. The van der Waals surface area contributed by atoms with Crippen LogP contribution in [0.3, 0.4) is 0 Å². The number of nitrogens with zero attached hydrogens (tertiary/aromatic N) is 3. The van der Waals surface area contributed by atoms with Crippen molar-refractivity contribution in [2.75, 3.05) is 0 Å². The molecule has 0 atom stereocenters. The summed E-state index contributed by atoms with van der Waals surface area (Å²) in [5, 5.41) is 0. The summed E-state index contributed by atoms with van der Waals surface area (Å²) in [5.41, 5.74) is 16.7. The van der Waals surface area contributed by atoms with E-state index >= 15 is 0 Å². The predicted molar refractivity (Wildman–Crippen MR) is 224 cm³/mol. The normalized spacial score (nSPS) is 12.5. The average molecular weight is 702 g/mol. The van der Waals surface area contributed by atoms with E-state index in [1.54, 1.807) is 0 Å². The minimum atomic E-state index is -0.469. The van der Waals surface area contributed by atoms with E-state index in [2.05, 4.69) is 163 Å². The summed E-state index contributed by atoms with van der Waals surface area (Å²) in [4.78, 5) is 14.4. The van der Waals surface area contributed by atoms with Gasteiger partial charge in [0, 0.05) is 29.1 Å². The Kier molecular flexibility index (Phi) is 8.04. The third-order valence-corrected chi connectivity index (χ3v) is 10.9. The highest BCUT2D eigenvalue weighted by Gasteiger charge is 2.45. The summed E-state index contributed by atoms with van der Waals surface area (Å²) in [5.74, 6) is 0.715. The van der Waals surface area contributed by atoms with Gasteiger partial charge in [-0.25, -0.2) is 9.97 Å². The molecule has 3 nitrogen and oxygen atoms in total. The van der Waals surface area contributed by atoms with Crippen molar-refractivity contribution in [1.82, 2.24) is 15.0 Å². The van der Waals surface area contributed by atoms with Gasteiger partial charge in [0.2, 0.25) is 0 Å². The summed E-state index contributed by atoms with van der Waals surface area (Å²) < 4.78 is 0. The molecule has 9 aromatic rings. The zero-order valence-electron chi connectivity index (χ0n) is 30.0. The molecule has 2 aromatic heterocycles. The SMILES string of the molecule is c1ccc(-c2cc(-c3ccc(-c4ccc(C5(c6ccc(-c7cccnc7)cc6)c6ccccc6-c6ccccc65)cc4)cc3)nc(-c3ccccc3)n2)cc1. The van der Waals surface area contributed by atoms with Crippen LogP contribution in [0.1, 0.15) is 22.3 Å². The number of fused-ring (bicyclic) bond motifs is 3. The lowest BCUT2D eigenvalue weighted by Crippen LogP contribution is -2.28. The molecule has 3 heteroatoms. The lowest BCUT2D eigenvalue weighted by Gasteiger charge is -2.34. The van der Waals surface area contributed by atoms with Gasteiger partial charge in [0.25, 0.3) is 0 Å². The fourth-order valence-corrected chi connectivity index (χ4v) is 8.28. The molecule has 7 aromatic carbocycles. The Hall–Kier alpha value is -7.23. The van der Waals surface area contributed by atoms with Gasteiger partial charge in [-0.05, 0) is 67.8 Å². The molecule has 0 unspecified atom stereocenters. The molecular formula is C52H35N3. The van der Waals surface area contributed by atoms with Gasteiger partial charge in [-0.15, -0.1) is 0 Å². The van der Waals surface area contributed by atoms with Gasteiger partial charge in [-0.2, -0.15) is 0 Å². The van der Waals surface area contributed by atoms with Crippen molar-refractivity contribution in [2.24, 2.45) is 0 Å². The zero-order valence-corrected chi connectivity index (χ0v) is 30.0. The number of hydrogen-bond acceptors (Lipinski definition) is 3. The van der Waals surface area contributed by atoms with E-state index < -0.39 is 5.41 Å². The number of benzene rings is 7. The van der Waals surface area contributed by atoms with E-state index in [-0.39, 0.29) is 0 Å². The predicted octanol–water partition coefficient (Wildman–Crippen LogP) is 12.6. The first-order valence-corrected chi connectivity index (χ1v) is 18.7. The van der Waals surface area contributed by atoms with Gasteiger partial charge in [0.05, 0.1) is 16.8 Å². The molecule has 0 saturated carbocycles. The highest BCUT2D eigenvalue weighted by molar-refractivity contribution is 5.87. The molecule has 258 valence electrons. The van der Waals surface area contributed by atoms with Crippen LogP contribution in [0.5, 0.6) is 0 Å². The minimum Gasteiger partial charge on any atom is -0.264 e. The minimum absolute atomic E-state index is 0.469. The van der Waals surface area contributed by atoms with Gasteiger partial charge in [-0.3, -0.25) is 4.98 Å². The largest absolute Gasteiger partial charge is 0.264 e. The Morgan fingerprint density at radius 2 is 0.745 bits per heavy atom. The van der Waals surface area contributed by atoms with Gasteiger partial charge >= 0.3 is 0 Å². The Morgan fingerprint density at radius 3 is 1.27 bits per heavy atom. The van der Waals surface area contributed by atoms with Crippen LogP contribution in [0.2, 0.25) is 0 Å². The first-order chi connectivity index (χ1) is 27.3. The van der Waals surface area contributed by atoms with E-state index in [9.17, 15) is 0 Å². The molecular weight excluding hydrogens is 667 g/mol. The molecule has 0 fully saturated rings. The van der Waals surface area contributed by atoms with Crippen molar-refractivity contribution >= 4 is 0 Å². The summed E-state index contributed by atoms with van der Waals surface area (Å²) in [6, 6.07) is 71.4. The maximum absolute atomic E-state index is 5.04. The number of pyridine rings is 1. The Bertz CT molecular complexity index is 2660. The van der Waals surface area contributed by atoms with E-state index in [0.29, 0.717) is 5.82 Å². The van der Waals surface area contributed by atoms with Crippen LogP contribution in [0.4, 0.5) is 0 Å². The Balaban J connectivity index is 1.04. The lowest BCUT2D eigenvalue weighted by molar-refractivity contribution is 0.769. The molecule has 0 spiro atoms. The zero-order chi connectivity index (χ0) is 36.6. The summed E-state index contributed by atoms with van der Waals surface area (Å²) in [6.45, 7) is 0. The van der Waals surface area contributed by atoms with Crippen LogP contribution in [-0.2, 0) is 5.41 Å². The standard InChI is InChI=1S/C52H35N3/c1-3-12-39(13-4-1)49-34-50(55-51(54-49)41-14-5-2-6-15-41)40-23-21-36(22-24-40)37-25-29-43(30-26-37)52(44-31-27-38(28-32-44)42-16-11-33-53-35-42)47-19-9-7-17-45(47)46-18-8-10-20-48(46)52/h1-35H. The molecule has 0 N–H and O–H groups in total. The van der Waals surface area contributed by atoms with Crippen LogP contribution in [0, 0.1) is 0 Å². The van der Waals surface area contributed by atoms with Gasteiger partial charge in [0.1, 0.15) is 0 Å². The second kappa shape index (κ2) is 13.6. The molecule has 10 rings (SSSR count). The molecule has 1 aliphatic carbocycles. The average Bonchev–Trinajstić information content (AvgIpc) is 3.58. The van der Waals surface area contributed by atoms with Gasteiger partial charge < -0.3 is 0 Å². The van der Waals surface area contributed by atoms with Crippen LogP contribution < -0.4 is 0 Å². The van der Waals surface area contributed by atoms with Crippen molar-refractivity contribution in [3.8, 4) is 67.3 Å². The molecule has 0 aliphatic heterocycles. The Labute approximate surface area is 321 Å². The van der Waals surface area contributed by atoms with E-state index in [1.165, 1.54) is 33.4 Å². The molecule has 1 aliphatic rings. The number of hydrogen-bond donors (Lipinski definition) is 0. The highest BCUT2D eigenvalue weighted by Crippen LogP contribution is 2.56. The summed E-state index contributed by atoms with van der Waals surface area (Å²) >= 11 is 0. The highest BCUT2D eigenvalue weighted by atomic mass is 14.9. The van der Waals surface area contributed by atoms with Crippen LogP contribution in [0.15, 0.2) is 213 Å². The smallest absolute Gasteiger partial charge is 0.160 e. The summed E-state index contributed by atoms with van der Waals surface area (Å²) in [6.07, 6.45) is 3.74. The number of aromatic nitrogens is 3. The molecule has 0 bridgehead atoms. The Morgan fingerprint density at radius 1 is 0.327 bits per heavy atom. The van der Waals surface area contributed by atoms with Crippen molar-refractivity contribution in [2.45, 2.75) is 5.41 Å². The van der Waals surface area contributed by atoms with Gasteiger partial charge in [0.15, 0.2) is 5.82 Å². The monoisotopic (exact) mass is 701 g/mol. The molecule has 0 saturated heterocycles. The second-order valence-electron chi connectivity index (χ2n) is 14.0. The summed E-state index contributed by atoms with van der Waals surface area (Å²) in [7, 11) is 0. The molecule has 0 amide bonds. The maximum Gasteiger partial charge on any atom is 0.160 e. The first-order valence-electron chi connectivity index (χ1n) is 18.7. The fourth-order valence-electron chi connectivity index (χ4n) is 8.28. The van der Waals surface area contributed by atoms with Crippen LogP contribution in [-0.4, -0.2) is 15.0 Å². The van der Waals surface area contributed by atoms with Crippen molar-refractivity contribution in [1.29, 1.82) is 0 Å². The molecule has 2 heterocycles. The van der Waals surface area contributed by atoms with Crippen molar-refractivity contribution < 1.29 is 0 Å². The topological polar surface area (TPSA) is 38.7 Å². The third kappa shape index (κ3) is 5.65. The molecule has 55 heavy (non-hydrogen) atoms. The van der Waals surface area contributed by atoms with Crippen molar-refractivity contribution in [3.05, 3.63) is 235 Å². The quantitative estimate of drug-likeness (QED) is 0.166. The fraction of sp³-hybridized carbons (Fsp3) is 0.0192. The van der Waals surface area contributed by atoms with E-state index in [4.69, 9.17) is 9.97 Å². The van der Waals surface area contributed by atoms with Crippen LogP contribution in [0.25, 0.3) is 67.3 Å². The van der Waals surface area contributed by atoms with Gasteiger partial charge in [-0.1, -0.05) is 188 Å². The van der Waals surface area contributed by atoms with Crippen molar-refractivity contribution in [3.63, 3.8) is 0 Å². The van der Waals surface area contributed by atoms with E-state index in [0.717, 1.165) is 50.3 Å². The third-order valence-electron chi connectivity index (χ3n) is 10.9. The van der Waals surface area contributed by atoms with Crippen LogP contribution >= 0.6 is 0 Å². The first kappa shape index (κ1) is 32.4. The lowest BCUT2D eigenvalue weighted by atomic mass is 9.67.